The van der Waals surface area contributed by atoms with Crippen LogP contribution in [0, 0.1) is 5.82 Å². The number of hydrogen-bond acceptors (Lipinski definition) is 2. The fraction of sp³-hybridized carbons (Fsp3) is 0.333. The van der Waals surface area contributed by atoms with Gasteiger partial charge in [-0.15, -0.1) is 0 Å². The average Bonchev–Trinajstić information content (AvgIpc) is 2.98. The lowest BCUT2D eigenvalue weighted by molar-refractivity contribution is 0.625. The minimum absolute atomic E-state index is 0.180. The first-order valence-electron chi connectivity index (χ1n) is 7.56. The van der Waals surface area contributed by atoms with Crippen LogP contribution in [0.2, 0.25) is 0 Å². The quantitative estimate of drug-likeness (QED) is 0.933. The van der Waals surface area contributed by atoms with Gasteiger partial charge in [0.1, 0.15) is 5.82 Å². The van der Waals surface area contributed by atoms with Crippen molar-refractivity contribution in [3.05, 3.63) is 65.5 Å². The summed E-state index contributed by atoms with van der Waals surface area (Å²) in [6, 6.07) is 15.7. The minimum atomic E-state index is -0.180. The van der Waals surface area contributed by atoms with E-state index in [1.807, 2.05) is 6.07 Å². The highest BCUT2D eigenvalue weighted by atomic mass is 19.1. The number of hydrogen-bond donors (Lipinski definition) is 1. The molecule has 0 radical (unpaired) electrons. The van der Waals surface area contributed by atoms with Gasteiger partial charge >= 0.3 is 0 Å². The summed E-state index contributed by atoms with van der Waals surface area (Å²) >= 11 is 0. The summed E-state index contributed by atoms with van der Waals surface area (Å²) in [5, 5.41) is 0. The van der Waals surface area contributed by atoms with E-state index in [2.05, 4.69) is 35.2 Å². The molecule has 1 atom stereocenters. The van der Waals surface area contributed by atoms with Gasteiger partial charge in [-0.3, -0.25) is 0 Å². The first-order valence-corrected chi connectivity index (χ1v) is 7.56. The van der Waals surface area contributed by atoms with Crippen LogP contribution in [0.4, 0.5) is 10.1 Å². The first-order chi connectivity index (χ1) is 10.3. The molecule has 1 aliphatic rings. The highest BCUT2D eigenvalue weighted by Crippen LogP contribution is 2.32. The standard InChI is InChI=1S/C18H21FN2/c19-17-6-7-18(15(12-17)8-10-20)21-11-9-16(13-21)14-4-2-1-3-5-14/h1-7,12,16H,8-11,13,20H2. The van der Waals surface area contributed by atoms with Gasteiger partial charge in [0.15, 0.2) is 0 Å². The van der Waals surface area contributed by atoms with Gasteiger partial charge in [-0.05, 0) is 48.7 Å². The Morgan fingerprint density at radius 1 is 1.14 bits per heavy atom. The van der Waals surface area contributed by atoms with Crippen molar-refractivity contribution < 1.29 is 4.39 Å². The summed E-state index contributed by atoms with van der Waals surface area (Å²) < 4.78 is 13.4. The molecule has 0 saturated carbocycles. The predicted octanol–water partition coefficient (Wildman–Crippen LogP) is 3.32. The second-order valence-corrected chi connectivity index (χ2v) is 5.65. The molecular formula is C18H21FN2. The third kappa shape index (κ3) is 3.08. The average molecular weight is 284 g/mol. The topological polar surface area (TPSA) is 29.3 Å². The maximum Gasteiger partial charge on any atom is 0.123 e. The van der Waals surface area contributed by atoms with E-state index in [4.69, 9.17) is 5.73 Å². The Morgan fingerprint density at radius 2 is 1.95 bits per heavy atom. The molecule has 0 aromatic heterocycles. The number of nitrogens with zero attached hydrogens (tertiary/aromatic N) is 1. The SMILES string of the molecule is NCCc1cc(F)ccc1N1CCC(c2ccccc2)C1. The van der Waals surface area contributed by atoms with Crippen molar-refractivity contribution in [3.63, 3.8) is 0 Å². The van der Waals surface area contributed by atoms with Gasteiger partial charge in [0.25, 0.3) is 0 Å². The number of anilines is 1. The van der Waals surface area contributed by atoms with Gasteiger partial charge in [0.05, 0.1) is 0 Å². The zero-order chi connectivity index (χ0) is 14.7. The lowest BCUT2D eigenvalue weighted by atomic mass is 9.99. The van der Waals surface area contributed by atoms with Crippen LogP contribution in [-0.4, -0.2) is 19.6 Å². The lowest BCUT2D eigenvalue weighted by Crippen LogP contribution is -2.21. The molecule has 0 spiro atoms. The van der Waals surface area contributed by atoms with Crippen molar-refractivity contribution in [2.45, 2.75) is 18.8 Å². The largest absolute Gasteiger partial charge is 0.371 e. The van der Waals surface area contributed by atoms with E-state index >= 15 is 0 Å². The number of halogens is 1. The molecule has 1 fully saturated rings. The zero-order valence-electron chi connectivity index (χ0n) is 12.1. The van der Waals surface area contributed by atoms with Crippen LogP contribution in [0.3, 0.4) is 0 Å². The first kappa shape index (κ1) is 14.1. The summed E-state index contributed by atoms with van der Waals surface area (Å²) in [5.41, 5.74) is 9.21. The molecule has 21 heavy (non-hydrogen) atoms. The van der Waals surface area contributed by atoms with Gasteiger partial charge in [0, 0.05) is 24.7 Å². The van der Waals surface area contributed by atoms with Crippen LogP contribution in [0.25, 0.3) is 0 Å². The summed E-state index contributed by atoms with van der Waals surface area (Å²) in [6.45, 7) is 2.56. The fourth-order valence-corrected chi connectivity index (χ4v) is 3.19. The third-order valence-electron chi connectivity index (χ3n) is 4.26. The molecular weight excluding hydrogens is 263 g/mol. The number of rotatable bonds is 4. The minimum Gasteiger partial charge on any atom is -0.371 e. The maximum atomic E-state index is 13.4. The monoisotopic (exact) mass is 284 g/mol. The molecule has 2 N–H and O–H groups in total. The summed E-state index contributed by atoms with van der Waals surface area (Å²) in [4.78, 5) is 2.36. The normalized spacial score (nSPS) is 18.2. The highest BCUT2D eigenvalue weighted by molar-refractivity contribution is 5.55. The fourth-order valence-electron chi connectivity index (χ4n) is 3.19. The van der Waals surface area contributed by atoms with Gasteiger partial charge in [-0.1, -0.05) is 30.3 Å². The molecule has 1 heterocycles. The number of benzene rings is 2. The molecule has 110 valence electrons. The van der Waals surface area contributed by atoms with Crippen molar-refractivity contribution in [2.75, 3.05) is 24.5 Å². The molecule has 3 rings (SSSR count). The second-order valence-electron chi connectivity index (χ2n) is 5.65. The Labute approximate surface area is 125 Å². The molecule has 0 aliphatic carbocycles. The Bertz CT molecular complexity index is 597. The van der Waals surface area contributed by atoms with Crippen molar-refractivity contribution in [1.29, 1.82) is 0 Å². The predicted molar refractivity (Wildman–Crippen MR) is 85.2 cm³/mol. The molecule has 1 aliphatic heterocycles. The number of nitrogens with two attached hydrogens (primary N) is 1. The van der Waals surface area contributed by atoms with E-state index in [0.29, 0.717) is 12.5 Å². The Kier molecular flexibility index (Phi) is 4.20. The van der Waals surface area contributed by atoms with Crippen LogP contribution in [-0.2, 0) is 6.42 Å². The maximum absolute atomic E-state index is 13.4. The molecule has 2 aromatic rings. The van der Waals surface area contributed by atoms with E-state index in [0.717, 1.165) is 37.2 Å². The molecule has 1 unspecified atom stereocenters. The molecule has 0 amide bonds. The Morgan fingerprint density at radius 3 is 2.71 bits per heavy atom. The van der Waals surface area contributed by atoms with Crippen molar-refractivity contribution >= 4 is 5.69 Å². The molecule has 2 nitrogen and oxygen atoms in total. The van der Waals surface area contributed by atoms with Crippen LogP contribution >= 0.6 is 0 Å². The van der Waals surface area contributed by atoms with Gasteiger partial charge in [-0.2, -0.15) is 0 Å². The van der Waals surface area contributed by atoms with E-state index in [9.17, 15) is 4.39 Å². The molecule has 1 saturated heterocycles. The van der Waals surface area contributed by atoms with Crippen LogP contribution in [0.1, 0.15) is 23.5 Å². The highest BCUT2D eigenvalue weighted by Gasteiger charge is 2.25. The van der Waals surface area contributed by atoms with Crippen LogP contribution < -0.4 is 10.6 Å². The van der Waals surface area contributed by atoms with E-state index in [1.165, 1.54) is 5.56 Å². The van der Waals surface area contributed by atoms with E-state index < -0.39 is 0 Å². The smallest absolute Gasteiger partial charge is 0.123 e. The zero-order valence-corrected chi connectivity index (χ0v) is 12.1. The molecule has 3 heteroatoms. The van der Waals surface area contributed by atoms with Crippen LogP contribution in [0.15, 0.2) is 48.5 Å². The van der Waals surface area contributed by atoms with Crippen molar-refractivity contribution in [2.24, 2.45) is 5.73 Å². The van der Waals surface area contributed by atoms with E-state index in [1.54, 1.807) is 12.1 Å². The van der Waals surface area contributed by atoms with Gasteiger partial charge in [-0.25, -0.2) is 4.39 Å². The third-order valence-corrected chi connectivity index (χ3v) is 4.26. The molecule has 2 aromatic carbocycles. The van der Waals surface area contributed by atoms with Crippen LogP contribution in [0.5, 0.6) is 0 Å². The Hall–Kier alpha value is -1.87. The van der Waals surface area contributed by atoms with Gasteiger partial charge in [0.2, 0.25) is 0 Å². The summed E-state index contributed by atoms with van der Waals surface area (Å²) in [5.74, 6) is 0.378. The van der Waals surface area contributed by atoms with E-state index in [-0.39, 0.29) is 5.82 Å². The van der Waals surface area contributed by atoms with Crippen molar-refractivity contribution in [3.8, 4) is 0 Å². The van der Waals surface area contributed by atoms with Crippen molar-refractivity contribution in [1.82, 2.24) is 0 Å². The molecule has 0 bridgehead atoms. The summed E-state index contributed by atoms with van der Waals surface area (Å²) in [6.07, 6.45) is 1.86. The Balaban J connectivity index is 1.80. The lowest BCUT2D eigenvalue weighted by Gasteiger charge is -2.22. The second kappa shape index (κ2) is 6.27. The summed E-state index contributed by atoms with van der Waals surface area (Å²) in [7, 11) is 0. The van der Waals surface area contributed by atoms with Gasteiger partial charge < -0.3 is 10.6 Å².